The lowest BCUT2D eigenvalue weighted by molar-refractivity contribution is -0.132. The Labute approximate surface area is 166 Å². The second-order valence-electron chi connectivity index (χ2n) is 7.11. The van der Waals surface area contributed by atoms with E-state index in [4.69, 9.17) is 4.74 Å². The summed E-state index contributed by atoms with van der Waals surface area (Å²) < 4.78 is 34.4. The SMILES string of the molecule is C[C@H]1CN(S(=O)(=O)N2CCN(C(=O)CCNc3ncccn3)CC2)C[C@H](C)O1. The topological polar surface area (TPSA) is 108 Å². The number of morpholine rings is 1. The number of anilines is 1. The summed E-state index contributed by atoms with van der Waals surface area (Å²) >= 11 is 0. The number of hydrogen-bond donors (Lipinski definition) is 1. The predicted molar refractivity (Wildman–Crippen MR) is 104 cm³/mol. The minimum absolute atomic E-state index is 0.00547. The van der Waals surface area contributed by atoms with Crippen molar-refractivity contribution in [1.82, 2.24) is 23.5 Å². The lowest BCUT2D eigenvalue weighted by Gasteiger charge is -2.40. The molecule has 0 aliphatic carbocycles. The van der Waals surface area contributed by atoms with Gasteiger partial charge in [-0.1, -0.05) is 0 Å². The number of hydrogen-bond acceptors (Lipinski definition) is 7. The van der Waals surface area contributed by atoms with Gasteiger partial charge < -0.3 is 15.0 Å². The average Bonchev–Trinajstić information content (AvgIpc) is 2.68. The third kappa shape index (κ3) is 5.16. The molecule has 2 aliphatic rings. The molecule has 3 heterocycles. The summed E-state index contributed by atoms with van der Waals surface area (Å²) in [6.45, 7) is 6.33. The Balaban J connectivity index is 1.46. The summed E-state index contributed by atoms with van der Waals surface area (Å²) in [5, 5.41) is 3.00. The molecule has 2 atom stereocenters. The van der Waals surface area contributed by atoms with Gasteiger partial charge in [0.2, 0.25) is 11.9 Å². The molecule has 0 bridgehead atoms. The van der Waals surface area contributed by atoms with Crippen molar-refractivity contribution in [2.45, 2.75) is 32.5 Å². The van der Waals surface area contributed by atoms with Gasteiger partial charge in [-0.2, -0.15) is 17.0 Å². The number of carbonyl (C=O) groups excluding carboxylic acids is 1. The number of aromatic nitrogens is 2. The number of carbonyl (C=O) groups is 1. The van der Waals surface area contributed by atoms with E-state index in [2.05, 4.69) is 15.3 Å². The van der Waals surface area contributed by atoms with Crippen LogP contribution in [-0.2, 0) is 19.7 Å². The molecule has 1 aromatic rings. The molecular formula is C17H28N6O4S. The van der Waals surface area contributed by atoms with Gasteiger partial charge in [-0.3, -0.25) is 4.79 Å². The molecule has 1 N–H and O–H groups in total. The first-order valence-corrected chi connectivity index (χ1v) is 11.0. The van der Waals surface area contributed by atoms with E-state index in [1.165, 1.54) is 8.61 Å². The number of piperazine rings is 1. The first-order valence-electron chi connectivity index (χ1n) is 9.55. The highest BCUT2D eigenvalue weighted by Gasteiger charge is 2.37. The highest BCUT2D eigenvalue weighted by molar-refractivity contribution is 7.86. The van der Waals surface area contributed by atoms with E-state index < -0.39 is 10.2 Å². The van der Waals surface area contributed by atoms with E-state index in [0.717, 1.165) is 0 Å². The van der Waals surface area contributed by atoms with E-state index >= 15 is 0 Å². The molecule has 11 heteroatoms. The van der Waals surface area contributed by atoms with Crippen LogP contribution in [0.2, 0.25) is 0 Å². The molecule has 2 saturated heterocycles. The van der Waals surface area contributed by atoms with Crippen LogP contribution in [0.4, 0.5) is 5.95 Å². The van der Waals surface area contributed by atoms with Crippen molar-refractivity contribution in [2.75, 3.05) is 51.1 Å². The van der Waals surface area contributed by atoms with Gasteiger partial charge in [-0.25, -0.2) is 9.97 Å². The van der Waals surface area contributed by atoms with Gasteiger partial charge in [0.25, 0.3) is 10.2 Å². The fourth-order valence-electron chi connectivity index (χ4n) is 3.48. The maximum atomic E-state index is 12.9. The molecule has 28 heavy (non-hydrogen) atoms. The zero-order valence-corrected chi connectivity index (χ0v) is 17.1. The number of ether oxygens (including phenoxy) is 1. The molecule has 0 aromatic carbocycles. The minimum Gasteiger partial charge on any atom is -0.373 e. The van der Waals surface area contributed by atoms with Crippen molar-refractivity contribution in [3.63, 3.8) is 0 Å². The molecule has 2 fully saturated rings. The highest BCUT2D eigenvalue weighted by atomic mass is 32.2. The van der Waals surface area contributed by atoms with Gasteiger partial charge in [-0.05, 0) is 19.9 Å². The predicted octanol–water partition coefficient (Wildman–Crippen LogP) is -0.223. The fourth-order valence-corrected chi connectivity index (χ4v) is 5.23. The summed E-state index contributed by atoms with van der Waals surface area (Å²) in [7, 11) is -3.53. The molecule has 0 saturated carbocycles. The van der Waals surface area contributed by atoms with Crippen LogP contribution in [0.1, 0.15) is 20.3 Å². The van der Waals surface area contributed by atoms with Crippen LogP contribution in [0.5, 0.6) is 0 Å². The molecular weight excluding hydrogens is 384 g/mol. The van der Waals surface area contributed by atoms with Crippen molar-refractivity contribution >= 4 is 22.1 Å². The first-order chi connectivity index (χ1) is 13.4. The maximum absolute atomic E-state index is 12.9. The van der Waals surface area contributed by atoms with E-state index in [9.17, 15) is 13.2 Å². The second kappa shape index (κ2) is 9.12. The third-order valence-electron chi connectivity index (χ3n) is 4.82. The zero-order valence-electron chi connectivity index (χ0n) is 16.3. The van der Waals surface area contributed by atoms with Crippen molar-refractivity contribution in [2.24, 2.45) is 0 Å². The van der Waals surface area contributed by atoms with Crippen molar-refractivity contribution in [3.05, 3.63) is 18.5 Å². The van der Waals surface area contributed by atoms with Gasteiger partial charge in [-0.15, -0.1) is 0 Å². The van der Waals surface area contributed by atoms with Gasteiger partial charge in [0.1, 0.15) is 0 Å². The van der Waals surface area contributed by atoms with Crippen LogP contribution in [-0.4, -0.2) is 95.8 Å². The Morgan fingerprint density at radius 2 is 1.71 bits per heavy atom. The van der Waals surface area contributed by atoms with Crippen LogP contribution in [0.25, 0.3) is 0 Å². The second-order valence-corrected chi connectivity index (χ2v) is 9.04. The molecule has 156 valence electrons. The van der Waals surface area contributed by atoms with Crippen LogP contribution in [0.3, 0.4) is 0 Å². The smallest absolute Gasteiger partial charge is 0.282 e. The molecule has 1 aromatic heterocycles. The lowest BCUT2D eigenvalue weighted by Crippen LogP contribution is -2.57. The highest BCUT2D eigenvalue weighted by Crippen LogP contribution is 2.19. The summed E-state index contributed by atoms with van der Waals surface area (Å²) in [6.07, 6.45) is 3.33. The van der Waals surface area contributed by atoms with E-state index in [0.29, 0.717) is 58.2 Å². The monoisotopic (exact) mass is 412 g/mol. The number of nitrogens with one attached hydrogen (secondary N) is 1. The zero-order chi connectivity index (χ0) is 20.1. The Morgan fingerprint density at radius 1 is 1.11 bits per heavy atom. The molecule has 0 unspecified atom stereocenters. The molecule has 0 radical (unpaired) electrons. The van der Waals surface area contributed by atoms with Crippen LogP contribution >= 0.6 is 0 Å². The van der Waals surface area contributed by atoms with Crippen LogP contribution in [0, 0.1) is 0 Å². The van der Waals surface area contributed by atoms with E-state index in [-0.39, 0.29) is 18.1 Å². The quantitative estimate of drug-likeness (QED) is 0.688. The van der Waals surface area contributed by atoms with Crippen molar-refractivity contribution < 1.29 is 17.9 Å². The third-order valence-corrected chi connectivity index (χ3v) is 6.79. The molecule has 2 aliphatic heterocycles. The average molecular weight is 413 g/mol. The van der Waals surface area contributed by atoms with E-state index in [1.54, 1.807) is 23.4 Å². The van der Waals surface area contributed by atoms with Crippen molar-refractivity contribution in [1.29, 1.82) is 0 Å². The maximum Gasteiger partial charge on any atom is 0.282 e. The number of amides is 1. The fraction of sp³-hybridized carbons (Fsp3) is 0.706. The Kier molecular flexibility index (Phi) is 6.81. The van der Waals surface area contributed by atoms with Crippen LogP contribution < -0.4 is 5.32 Å². The molecule has 0 spiro atoms. The number of nitrogens with zero attached hydrogens (tertiary/aromatic N) is 5. The van der Waals surface area contributed by atoms with Gasteiger partial charge >= 0.3 is 0 Å². The van der Waals surface area contributed by atoms with E-state index in [1.807, 2.05) is 13.8 Å². The van der Waals surface area contributed by atoms with Crippen molar-refractivity contribution in [3.8, 4) is 0 Å². The summed E-state index contributed by atoms with van der Waals surface area (Å²) in [6, 6.07) is 1.72. The Hall–Kier alpha value is -1.82. The lowest BCUT2D eigenvalue weighted by atomic mass is 10.3. The molecule has 3 rings (SSSR count). The first kappa shape index (κ1) is 20.9. The van der Waals surface area contributed by atoms with Gasteiger partial charge in [0.15, 0.2) is 0 Å². The number of rotatable bonds is 6. The largest absolute Gasteiger partial charge is 0.373 e. The Bertz CT molecular complexity index is 744. The summed E-state index contributed by atoms with van der Waals surface area (Å²) in [5.41, 5.74) is 0. The molecule has 10 nitrogen and oxygen atoms in total. The van der Waals surface area contributed by atoms with Crippen LogP contribution in [0.15, 0.2) is 18.5 Å². The van der Waals surface area contributed by atoms with Gasteiger partial charge in [0, 0.05) is 64.6 Å². The molecule has 1 amide bonds. The normalized spacial score (nSPS) is 24.9. The summed E-state index contributed by atoms with van der Waals surface area (Å²) in [5.74, 6) is 0.481. The Morgan fingerprint density at radius 3 is 2.32 bits per heavy atom. The summed E-state index contributed by atoms with van der Waals surface area (Å²) in [4.78, 5) is 22.2. The standard InChI is InChI=1S/C17H28N6O4S/c1-14-12-23(13-15(2)27-14)28(25,26)22-10-8-21(9-11-22)16(24)4-7-20-17-18-5-3-6-19-17/h3,5-6,14-15H,4,7-13H2,1-2H3,(H,18,19,20)/t14-,15-/m0/s1. The minimum atomic E-state index is -3.53. The van der Waals surface area contributed by atoms with Gasteiger partial charge in [0.05, 0.1) is 12.2 Å².